The van der Waals surface area contributed by atoms with Crippen molar-refractivity contribution in [3.05, 3.63) is 152 Å². The Morgan fingerprint density at radius 2 is 1.12 bits per heavy atom. The van der Waals surface area contributed by atoms with Crippen molar-refractivity contribution in [3.63, 3.8) is 0 Å². The second kappa shape index (κ2) is 9.37. The summed E-state index contributed by atoms with van der Waals surface area (Å²) in [7, 11) is 0. The van der Waals surface area contributed by atoms with Gasteiger partial charge in [-0.1, -0.05) is 103 Å². The molecule has 3 aromatic heterocycles. The van der Waals surface area contributed by atoms with Gasteiger partial charge in [-0.15, -0.1) is 0 Å². The molecule has 0 spiro atoms. The van der Waals surface area contributed by atoms with E-state index in [1.807, 2.05) is 12.3 Å². The van der Waals surface area contributed by atoms with E-state index in [9.17, 15) is 0 Å². The van der Waals surface area contributed by atoms with Gasteiger partial charge >= 0.3 is 0 Å². The van der Waals surface area contributed by atoms with Gasteiger partial charge in [-0.05, 0) is 59.2 Å². The molecule has 0 fully saturated rings. The molecule has 0 unspecified atom stereocenters. The number of fused-ring (bicyclic) bond motifs is 7. The highest BCUT2D eigenvalue weighted by molar-refractivity contribution is 6.16. The van der Waals surface area contributed by atoms with Crippen molar-refractivity contribution in [2.45, 2.75) is 0 Å². The van der Waals surface area contributed by atoms with Gasteiger partial charge in [0.05, 0.1) is 27.6 Å². The zero-order chi connectivity index (χ0) is 28.3. The fraction of sp³-hybridized carbons (Fsp3) is 0. The molecule has 3 nitrogen and oxygen atoms in total. The second-order valence-corrected chi connectivity index (χ2v) is 11.0. The van der Waals surface area contributed by atoms with Crippen molar-refractivity contribution in [2.75, 3.05) is 0 Å². The summed E-state index contributed by atoms with van der Waals surface area (Å²) in [6, 6.07) is 51.9. The number of nitrogens with zero attached hydrogens (tertiary/aromatic N) is 3. The first-order chi connectivity index (χ1) is 21.3. The lowest BCUT2D eigenvalue weighted by molar-refractivity contribution is 1.18. The van der Waals surface area contributed by atoms with Gasteiger partial charge in [0.2, 0.25) is 0 Å². The Hall–Kier alpha value is -5.80. The molecule has 0 atom stereocenters. The average molecular weight is 548 g/mol. The third kappa shape index (κ3) is 3.68. The first-order valence-corrected chi connectivity index (χ1v) is 14.6. The second-order valence-electron chi connectivity index (χ2n) is 11.0. The Labute approximate surface area is 248 Å². The summed E-state index contributed by atoms with van der Waals surface area (Å²) in [5, 5.41) is 5.88. The molecule has 0 aliphatic rings. The predicted molar refractivity (Wildman–Crippen MR) is 180 cm³/mol. The smallest absolute Gasteiger partial charge is 0.0978 e. The monoisotopic (exact) mass is 547 g/mol. The van der Waals surface area contributed by atoms with Crippen LogP contribution in [0.2, 0.25) is 0 Å². The van der Waals surface area contributed by atoms with E-state index in [0.29, 0.717) is 0 Å². The molecule has 43 heavy (non-hydrogen) atoms. The van der Waals surface area contributed by atoms with E-state index in [1.165, 1.54) is 44.1 Å². The molecule has 0 radical (unpaired) electrons. The Kier molecular flexibility index (Phi) is 5.20. The van der Waals surface area contributed by atoms with Crippen LogP contribution in [0.1, 0.15) is 0 Å². The van der Waals surface area contributed by atoms with E-state index in [4.69, 9.17) is 9.97 Å². The first-order valence-electron chi connectivity index (χ1n) is 14.6. The molecule has 3 heterocycles. The minimum absolute atomic E-state index is 0.932. The number of aromatic nitrogens is 3. The van der Waals surface area contributed by atoms with E-state index in [-0.39, 0.29) is 0 Å². The van der Waals surface area contributed by atoms with Crippen LogP contribution < -0.4 is 0 Å². The lowest BCUT2D eigenvalue weighted by Gasteiger charge is -2.14. The molecule has 0 aliphatic carbocycles. The molecule has 0 amide bonds. The van der Waals surface area contributed by atoms with Gasteiger partial charge < -0.3 is 4.57 Å². The van der Waals surface area contributed by atoms with E-state index in [1.54, 1.807) is 0 Å². The quantitative estimate of drug-likeness (QED) is 0.163. The maximum atomic E-state index is 5.10. The van der Waals surface area contributed by atoms with Crippen molar-refractivity contribution >= 4 is 54.5 Å². The zero-order valence-electron chi connectivity index (χ0n) is 23.3. The van der Waals surface area contributed by atoms with Gasteiger partial charge in [0.1, 0.15) is 0 Å². The van der Waals surface area contributed by atoms with Gasteiger partial charge in [-0.2, -0.15) is 0 Å². The minimum Gasteiger partial charge on any atom is -0.309 e. The predicted octanol–water partition coefficient (Wildman–Crippen LogP) is 10.4. The molecule has 0 saturated carbocycles. The maximum Gasteiger partial charge on any atom is 0.0978 e. The Balaban J connectivity index is 1.25. The largest absolute Gasteiger partial charge is 0.309 e. The molecule has 3 heteroatoms. The fourth-order valence-electron chi connectivity index (χ4n) is 6.68. The molecular formula is C40H25N3. The number of pyridine rings is 2. The minimum atomic E-state index is 0.932. The van der Waals surface area contributed by atoms with E-state index >= 15 is 0 Å². The van der Waals surface area contributed by atoms with Crippen molar-refractivity contribution in [1.29, 1.82) is 0 Å². The van der Waals surface area contributed by atoms with Crippen molar-refractivity contribution in [3.8, 4) is 27.9 Å². The summed E-state index contributed by atoms with van der Waals surface area (Å²) in [6.45, 7) is 0. The number of para-hydroxylation sites is 3. The van der Waals surface area contributed by atoms with Crippen LogP contribution in [0.3, 0.4) is 0 Å². The standard InChI is InChI=1S/C40H25N3/c1-4-18-35-33(17-1)38(34-22-21-26-13-9-23-41-39(26)40(34)42-35)29-12-7-10-27(24-29)28-11-8-14-30(25-28)43-36-19-5-2-15-31(36)32-16-3-6-20-37(32)43/h1-25H. The number of rotatable bonds is 3. The molecular weight excluding hydrogens is 522 g/mol. The lowest BCUT2D eigenvalue weighted by atomic mass is 9.93. The van der Waals surface area contributed by atoms with Crippen LogP contribution in [0.5, 0.6) is 0 Å². The highest BCUT2D eigenvalue weighted by atomic mass is 15.0. The maximum absolute atomic E-state index is 5.10. The Morgan fingerprint density at radius 1 is 0.442 bits per heavy atom. The summed E-state index contributed by atoms with van der Waals surface area (Å²) >= 11 is 0. The number of hydrogen-bond acceptors (Lipinski definition) is 2. The SMILES string of the molecule is c1cc(-c2cccc(-n3c4ccccc4c4ccccc43)c2)cc(-c2c3ccccc3nc3c2ccc2cccnc23)c1. The number of benzene rings is 6. The van der Waals surface area contributed by atoms with Crippen LogP contribution in [0.25, 0.3) is 82.5 Å². The normalized spacial score (nSPS) is 11.7. The Bertz CT molecular complexity index is 2470. The van der Waals surface area contributed by atoms with Crippen LogP contribution in [-0.2, 0) is 0 Å². The molecule has 6 aromatic carbocycles. The first kappa shape index (κ1) is 23.9. The highest BCUT2D eigenvalue weighted by Gasteiger charge is 2.16. The molecule has 200 valence electrons. The number of hydrogen-bond donors (Lipinski definition) is 0. The average Bonchev–Trinajstić information content (AvgIpc) is 3.42. The highest BCUT2D eigenvalue weighted by Crippen LogP contribution is 2.39. The third-order valence-electron chi connectivity index (χ3n) is 8.59. The van der Waals surface area contributed by atoms with Gasteiger partial charge in [-0.3, -0.25) is 4.98 Å². The van der Waals surface area contributed by atoms with Crippen LogP contribution >= 0.6 is 0 Å². The van der Waals surface area contributed by atoms with E-state index in [2.05, 4.69) is 144 Å². The Morgan fingerprint density at radius 3 is 1.93 bits per heavy atom. The third-order valence-corrected chi connectivity index (χ3v) is 8.59. The van der Waals surface area contributed by atoms with Gasteiger partial charge in [0.15, 0.2) is 0 Å². The van der Waals surface area contributed by atoms with Crippen molar-refractivity contribution in [2.24, 2.45) is 0 Å². The molecule has 9 rings (SSSR count). The van der Waals surface area contributed by atoms with Crippen LogP contribution in [0, 0.1) is 0 Å². The molecule has 0 saturated heterocycles. The summed E-state index contributed by atoms with van der Waals surface area (Å²) in [5.41, 5.74) is 11.1. The molecule has 0 aliphatic heterocycles. The van der Waals surface area contributed by atoms with Crippen LogP contribution in [0.4, 0.5) is 0 Å². The van der Waals surface area contributed by atoms with E-state index < -0.39 is 0 Å². The lowest BCUT2D eigenvalue weighted by Crippen LogP contribution is -1.94. The summed E-state index contributed by atoms with van der Waals surface area (Å²) < 4.78 is 2.38. The van der Waals surface area contributed by atoms with Gasteiger partial charge in [-0.25, -0.2) is 4.98 Å². The van der Waals surface area contributed by atoms with Crippen molar-refractivity contribution in [1.82, 2.24) is 14.5 Å². The molecule has 0 N–H and O–H groups in total. The summed E-state index contributed by atoms with van der Waals surface area (Å²) in [6.07, 6.45) is 1.85. The fourth-order valence-corrected chi connectivity index (χ4v) is 6.68. The van der Waals surface area contributed by atoms with Gasteiger partial charge in [0, 0.05) is 44.4 Å². The summed E-state index contributed by atoms with van der Waals surface area (Å²) in [4.78, 5) is 9.83. The van der Waals surface area contributed by atoms with Crippen LogP contribution in [-0.4, -0.2) is 14.5 Å². The zero-order valence-corrected chi connectivity index (χ0v) is 23.3. The van der Waals surface area contributed by atoms with Crippen LogP contribution in [0.15, 0.2) is 152 Å². The van der Waals surface area contributed by atoms with E-state index in [0.717, 1.165) is 38.4 Å². The summed E-state index contributed by atoms with van der Waals surface area (Å²) in [5.74, 6) is 0. The van der Waals surface area contributed by atoms with Gasteiger partial charge in [0.25, 0.3) is 0 Å². The molecule has 0 bridgehead atoms. The topological polar surface area (TPSA) is 30.7 Å². The van der Waals surface area contributed by atoms with Crippen molar-refractivity contribution < 1.29 is 0 Å². The molecule has 9 aromatic rings.